The van der Waals surface area contributed by atoms with Crippen LogP contribution in [0.3, 0.4) is 0 Å². The lowest BCUT2D eigenvalue weighted by Gasteiger charge is -2.10. The Morgan fingerprint density at radius 1 is 1.24 bits per heavy atom. The number of hydrogen-bond donors (Lipinski definition) is 2. The van der Waals surface area contributed by atoms with Gasteiger partial charge >= 0.3 is 12.1 Å². The third-order valence-corrected chi connectivity index (χ3v) is 7.87. The molecule has 7 nitrogen and oxygen atoms in total. The maximum Gasteiger partial charge on any atom is 0.433 e. The number of aromatic carboxylic acids is 1. The fraction of sp³-hybridized carbons (Fsp3) is 0.238. The summed E-state index contributed by atoms with van der Waals surface area (Å²) in [7, 11) is 0. The Labute approximate surface area is 202 Å². The number of amides is 1. The average Bonchev–Trinajstić information content (AvgIpc) is 3.50. The molecule has 0 bridgehead atoms. The van der Waals surface area contributed by atoms with E-state index in [2.05, 4.69) is 15.4 Å². The van der Waals surface area contributed by atoms with E-state index in [0.29, 0.717) is 27.8 Å². The molecule has 0 spiro atoms. The summed E-state index contributed by atoms with van der Waals surface area (Å²) < 4.78 is 41.9. The molecule has 4 heterocycles. The second-order valence-corrected chi connectivity index (χ2v) is 10.0. The monoisotopic (exact) mass is 526 g/mol. The molecule has 0 saturated carbocycles. The van der Waals surface area contributed by atoms with Crippen molar-refractivity contribution in [2.75, 3.05) is 5.32 Å². The van der Waals surface area contributed by atoms with Crippen LogP contribution in [0, 0.1) is 0 Å². The quantitative estimate of drug-likeness (QED) is 0.339. The number of carbonyl (C=O) groups is 2. The van der Waals surface area contributed by atoms with Crippen LogP contribution in [0.1, 0.15) is 49.8 Å². The summed E-state index contributed by atoms with van der Waals surface area (Å²) in [6.07, 6.45) is -1.75. The predicted molar refractivity (Wildman–Crippen MR) is 122 cm³/mol. The molecule has 0 radical (unpaired) electrons. The minimum Gasteiger partial charge on any atom is -0.478 e. The highest BCUT2D eigenvalue weighted by atomic mass is 35.5. The van der Waals surface area contributed by atoms with E-state index in [1.165, 1.54) is 11.3 Å². The van der Waals surface area contributed by atoms with Gasteiger partial charge in [0.2, 0.25) is 0 Å². The maximum absolute atomic E-state index is 13.8. The van der Waals surface area contributed by atoms with Crippen LogP contribution in [-0.2, 0) is 19.0 Å². The van der Waals surface area contributed by atoms with Gasteiger partial charge in [-0.2, -0.15) is 18.3 Å². The first-order chi connectivity index (χ1) is 16.1. The van der Waals surface area contributed by atoms with E-state index >= 15 is 0 Å². The molecule has 0 fully saturated rings. The van der Waals surface area contributed by atoms with Crippen molar-refractivity contribution in [2.24, 2.45) is 0 Å². The summed E-state index contributed by atoms with van der Waals surface area (Å²) in [5, 5.41) is 17.4. The molecule has 1 aliphatic rings. The summed E-state index contributed by atoms with van der Waals surface area (Å²) in [6, 6.07) is 4.14. The predicted octanol–water partition coefficient (Wildman–Crippen LogP) is 6.02. The zero-order valence-electron chi connectivity index (χ0n) is 17.1. The Kier molecular flexibility index (Phi) is 5.61. The lowest BCUT2D eigenvalue weighted by atomic mass is 9.95. The Balaban J connectivity index is 1.60. The third-order valence-electron chi connectivity index (χ3n) is 5.42. The second-order valence-electron chi connectivity index (χ2n) is 7.57. The van der Waals surface area contributed by atoms with Crippen molar-refractivity contribution in [1.82, 2.24) is 14.6 Å². The lowest BCUT2D eigenvalue weighted by molar-refractivity contribution is -0.142. The van der Waals surface area contributed by atoms with Gasteiger partial charge in [-0.05, 0) is 48.8 Å². The molecule has 0 aromatic carbocycles. The minimum atomic E-state index is -4.79. The molecule has 34 heavy (non-hydrogen) atoms. The molecule has 0 saturated heterocycles. The number of nitrogens with zero attached hydrogens (tertiary/aromatic N) is 3. The fourth-order valence-corrected chi connectivity index (χ4v) is 6.14. The van der Waals surface area contributed by atoms with Crippen LogP contribution in [0.5, 0.6) is 0 Å². The van der Waals surface area contributed by atoms with E-state index < -0.39 is 29.4 Å². The minimum absolute atomic E-state index is 0.00187. The van der Waals surface area contributed by atoms with Crippen LogP contribution in [0.15, 0.2) is 23.6 Å². The third kappa shape index (κ3) is 3.85. The molecule has 0 aliphatic heterocycles. The second kappa shape index (κ2) is 8.36. The highest BCUT2D eigenvalue weighted by Gasteiger charge is 2.37. The molecule has 4 aromatic rings. The number of carbonyl (C=O) groups excluding carboxylic acids is 1. The Bertz CT molecular complexity index is 1440. The van der Waals surface area contributed by atoms with Gasteiger partial charge in [0.25, 0.3) is 5.91 Å². The average molecular weight is 527 g/mol. The number of anilines is 1. The van der Waals surface area contributed by atoms with Crippen LogP contribution in [-0.4, -0.2) is 31.6 Å². The van der Waals surface area contributed by atoms with Gasteiger partial charge in [-0.1, -0.05) is 17.7 Å². The number of rotatable bonds is 4. The maximum atomic E-state index is 13.8. The first-order valence-corrected chi connectivity index (χ1v) is 12.1. The number of alkyl halides is 3. The van der Waals surface area contributed by atoms with Gasteiger partial charge in [-0.15, -0.1) is 22.7 Å². The molecule has 1 aliphatic carbocycles. The van der Waals surface area contributed by atoms with Crippen molar-refractivity contribution < 1.29 is 27.9 Å². The van der Waals surface area contributed by atoms with Gasteiger partial charge < -0.3 is 10.4 Å². The Morgan fingerprint density at radius 2 is 2.00 bits per heavy atom. The smallest absolute Gasteiger partial charge is 0.433 e. The SMILES string of the molecule is O=C(Nc1sc2c(c1C(=O)O)CCCC2)c1nn2c(C(F)(F)F)cc(-c3cccs3)nc2c1Cl. The standard InChI is InChI=1S/C21H14ClF3N4O3S2/c22-15-16(18(30)27-19-14(20(31)32)9-4-1-2-5-11(9)34-19)28-29-13(21(23,24)25)8-10(26-17(15)29)12-6-3-7-33-12/h3,6-8H,1-2,4-5H2,(H,27,30)(H,31,32). The van der Waals surface area contributed by atoms with Crippen molar-refractivity contribution in [1.29, 1.82) is 0 Å². The van der Waals surface area contributed by atoms with E-state index in [9.17, 15) is 27.9 Å². The Morgan fingerprint density at radius 3 is 2.68 bits per heavy atom. The topological polar surface area (TPSA) is 96.6 Å². The van der Waals surface area contributed by atoms with Crippen molar-refractivity contribution in [3.8, 4) is 10.6 Å². The number of fused-ring (bicyclic) bond motifs is 2. The van der Waals surface area contributed by atoms with Gasteiger partial charge in [0.05, 0.1) is 16.1 Å². The molecule has 4 aromatic heterocycles. The van der Waals surface area contributed by atoms with Crippen molar-refractivity contribution in [3.05, 3.63) is 56.0 Å². The summed E-state index contributed by atoms with van der Waals surface area (Å²) in [6.45, 7) is 0. The molecule has 2 N–H and O–H groups in total. The number of nitrogens with one attached hydrogen (secondary N) is 1. The van der Waals surface area contributed by atoms with Crippen molar-refractivity contribution in [3.63, 3.8) is 0 Å². The van der Waals surface area contributed by atoms with E-state index in [1.54, 1.807) is 17.5 Å². The molecule has 13 heteroatoms. The van der Waals surface area contributed by atoms with E-state index in [-0.39, 0.29) is 26.9 Å². The number of halogens is 4. The zero-order chi connectivity index (χ0) is 24.2. The molecule has 0 atom stereocenters. The van der Waals surface area contributed by atoms with E-state index in [4.69, 9.17) is 11.6 Å². The van der Waals surface area contributed by atoms with Gasteiger partial charge in [0.15, 0.2) is 17.0 Å². The first kappa shape index (κ1) is 22.8. The molecular formula is C21H14ClF3N4O3S2. The molecule has 5 rings (SSSR count). The van der Waals surface area contributed by atoms with E-state index in [1.807, 2.05) is 0 Å². The summed E-state index contributed by atoms with van der Waals surface area (Å²) in [5.41, 5.74) is -1.22. The van der Waals surface area contributed by atoms with Crippen LogP contribution in [0.4, 0.5) is 18.2 Å². The number of thiophene rings is 2. The summed E-state index contributed by atoms with van der Waals surface area (Å²) >= 11 is 8.65. The molecular weight excluding hydrogens is 513 g/mol. The fourth-order valence-electron chi connectivity index (χ4n) is 3.93. The van der Waals surface area contributed by atoms with Gasteiger partial charge in [-0.25, -0.2) is 14.3 Å². The normalized spacial score (nSPS) is 13.8. The van der Waals surface area contributed by atoms with Crippen LogP contribution < -0.4 is 5.32 Å². The summed E-state index contributed by atoms with van der Waals surface area (Å²) in [5.74, 6) is -2.10. The van der Waals surface area contributed by atoms with E-state index in [0.717, 1.165) is 35.1 Å². The van der Waals surface area contributed by atoms with Crippen LogP contribution >= 0.6 is 34.3 Å². The number of carboxylic acids is 1. The van der Waals surface area contributed by atoms with Crippen LogP contribution in [0.25, 0.3) is 16.2 Å². The molecule has 176 valence electrons. The highest BCUT2D eigenvalue weighted by Crippen LogP contribution is 2.39. The summed E-state index contributed by atoms with van der Waals surface area (Å²) in [4.78, 5) is 30.4. The van der Waals surface area contributed by atoms with Gasteiger partial charge in [-0.3, -0.25) is 4.79 Å². The van der Waals surface area contributed by atoms with Gasteiger partial charge in [0, 0.05) is 4.88 Å². The van der Waals surface area contributed by atoms with Crippen molar-refractivity contribution >= 4 is 56.8 Å². The van der Waals surface area contributed by atoms with Crippen molar-refractivity contribution in [2.45, 2.75) is 31.9 Å². The largest absolute Gasteiger partial charge is 0.478 e. The Hall–Kier alpha value is -2.96. The number of hydrogen-bond acceptors (Lipinski definition) is 6. The number of aryl methyl sites for hydroxylation is 1. The molecule has 0 unspecified atom stereocenters. The first-order valence-electron chi connectivity index (χ1n) is 10.0. The number of carboxylic acid groups (broad SMARTS) is 1. The molecule has 1 amide bonds. The van der Waals surface area contributed by atoms with Gasteiger partial charge in [0.1, 0.15) is 10.0 Å². The zero-order valence-corrected chi connectivity index (χ0v) is 19.5. The van der Waals surface area contributed by atoms with Crippen LogP contribution in [0.2, 0.25) is 5.02 Å². The number of aromatic nitrogens is 3. The highest BCUT2D eigenvalue weighted by molar-refractivity contribution is 7.17. The lowest BCUT2D eigenvalue weighted by Crippen LogP contribution is -2.16.